The van der Waals surface area contributed by atoms with Crippen LogP contribution in [-0.2, 0) is 10.3 Å². The summed E-state index contributed by atoms with van der Waals surface area (Å²) in [6.07, 6.45) is 9.19. The van der Waals surface area contributed by atoms with Gasteiger partial charge < -0.3 is 19.3 Å². The molecule has 0 heterocycles. The number of rotatable bonds is 20. The summed E-state index contributed by atoms with van der Waals surface area (Å²) in [5.41, 5.74) is 2.52. The minimum atomic E-state index is -0.733. The number of unbranched alkanes of at least 4 members (excludes halogenated alkanes) is 6. The van der Waals surface area contributed by atoms with Gasteiger partial charge in [-0.3, -0.25) is 0 Å². The lowest BCUT2D eigenvalue weighted by atomic mass is 9.80. The Balaban J connectivity index is 1.61. The molecule has 39 heavy (non-hydrogen) atoms. The first-order valence-electron chi connectivity index (χ1n) is 14.1. The number of hydrogen-bond donors (Lipinski definition) is 1. The van der Waals surface area contributed by atoms with E-state index in [9.17, 15) is 0 Å². The van der Waals surface area contributed by atoms with Crippen molar-refractivity contribution in [1.29, 1.82) is 0 Å². The van der Waals surface area contributed by atoms with E-state index < -0.39 is 5.60 Å². The number of aliphatic hydroxyl groups is 1. The molecule has 3 aromatic rings. The summed E-state index contributed by atoms with van der Waals surface area (Å²) in [7, 11) is 7.38. The third kappa shape index (κ3) is 9.78. The lowest BCUT2D eigenvalue weighted by Gasteiger charge is -2.36. The van der Waals surface area contributed by atoms with Crippen molar-refractivity contribution >= 4 is 21.6 Å². The molecule has 0 aliphatic heterocycles. The zero-order valence-corrected chi connectivity index (χ0v) is 25.1. The van der Waals surface area contributed by atoms with Crippen molar-refractivity contribution in [2.24, 2.45) is 0 Å². The predicted octanol–water partition coefficient (Wildman–Crippen LogP) is 8.51. The molecule has 0 saturated carbocycles. The smallest absolute Gasteiger partial charge is 0.143 e. The fourth-order valence-electron chi connectivity index (χ4n) is 4.66. The monoisotopic (exact) mass is 568 g/mol. The van der Waals surface area contributed by atoms with E-state index in [4.69, 9.17) is 19.3 Å². The van der Waals surface area contributed by atoms with E-state index in [1.54, 1.807) is 14.2 Å². The van der Waals surface area contributed by atoms with E-state index >= 15 is 0 Å². The Hall–Kier alpha value is -2.12. The standard InChI is InChI=1S/C33H44O4S2/c1-35-31-20-16-29(17-21-31)33(28-14-8-7-9-15-28,30-18-22-32(36-2)23-19-30)37-25-11-4-6-13-27-39-38-26-12-5-3-10-24-34/h7-9,14-23,34H,3-6,10-13,24-27H2,1-2H3. The van der Waals surface area contributed by atoms with Crippen molar-refractivity contribution < 1.29 is 19.3 Å². The van der Waals surface area contributed by atoms with E-state index in [1.165, 1.54) is 37.2 Å². The van der Waals surface area contributed by atoms with Crippen LogP contribution in [0.3, 0.4) is 0 Å². The molecular formula is C33H44O4S2. The molecule has 6 heteroatoms. The largest absolute Gasteiger partial charge is 0.497 e. The zero-order chi connectivity index (χ0) is 27.6. The highest BCUT2D eigenvalue weighted by atomic mass is 33.1. The Morgan fingerprint density at radius 1 is 0.564 bits per heavy atom. The average Bonchev–Trinajstić information content (AvgIpc) is 3.00. The van der Waals surface area contributed by atoms with Gasteiger partial charge in [-0.1, -0.05) is 102 Å². The van der Waals surface area contributed by atoms with Crippen LogP contribution in [0, 0.1) is 0 Å². The zero-order valence-electron chi connectivity index (χ0n) is 23.5. The Morgan fingerprint density at radius 2 is 1.03 bits per heavy atom. The third-order valence-electron chi connectivity index (χ3n) is 6.83. The Morgan fingerprint density at radius 3 is 1.51 bits per heavy atom. The molecular weight excluding hydrogens is 524 g/mol. The second-order valence-electron chi connectivity index (χ2n) is 9.55. The van der Waals surface area contributed by atoms with Crippen LogP contribution in [0.1, 0.15) is 68.1 Å². The summed E-state index contributed by atoms with van der Waals surface area (Å²) in [6.45, 7) is 0.992. The molecule has 3 rings (SSSR count). The maximum atomic E-state index is 8.85. The molecule has 0 aliphatic carbocycles. The molecule has 0 fully saturated rings. The van der Waals surface area contributed by atoms with Crippen molar-refractivity contribution in [1.82, 2.24) is 0 Å². The summed E-state index contributed by atoms with van der Waals surface area (Å²) >= 11 is 0. The van der Waals surface area contributed by atoms with Crippen LogP contribution in [0.15, 0.2) is 78.9 Å². The van der Waals surface area contributed by atoms with Gasteiger partial charge in [0.05, 0.1) is 14.2 Å². The van der Waals surface area contributed by atoms with Gasteiger partial charge in [0.1, 0.15) is 17.1 Å². The second-order valence-corrected chi connectivity index (χ2v) is 12.3. The Bertz CT molecular complexity index is 978. The van der Waals surface area contributed by atoms with Gasteiger partial charge in [-0.15, -0.1) is 0 Å². The predicted molar refractivity (Wildman–Crippen MR) is 167 cm³/mol. The maximum Gasteiger partial charge on any atom is 0.143 e. The van der Waals surface area contributed by atoms with Gasteiger partial charge in [0.2, 0.25) is 0 Å². The first-order valence-corrected chi connectivity index (χ1v) is 16.6. The summed E-state index contributed by atoms with van der Waals surface area (Å²) < 4.78 is 17.8. The highest BCUT2D eigenvalue weighted by Gasteiger charge is 2.37. The summed E-state index contributed by atoms with van der Waals surface area (Å²) in [5.74, 6) is 4.07. The molecule has 0 atom stereocenters. The molecule has 4 nitrogen and oxygen atoms in total. The van der Waals surface area contributed by atoms with Crippen molar-refractivity contribution in [2.45, 2.75) is 57.0 Å². The minimum Gasteiger partial charge on any atom is -0.497 e. The van der Waals surface area contributed by atoms with Crippen molar-refractivity contribution in [2.75, 3.05) is 38.9 Å². The highest BCUT2D eigenvalue weighted by Crippen LogP contribution is 2.41. The number of methoxy groups -OCH3 is 2. The average molecular weight is 569 g/mol. The molecule has 0 saturated heterocycles. The van der Waals surface area contributed by atoms with Crippen LogP contribution >= 0.6 is 21.6 Å². The maximum absolute atomic E-state index is 8.85. The normalized spacial score (nSPS) is 11.5. The van der Waals surface area contributed by atoms with E-state index in [2.05, 4.69) is 48.5 Å². The van der Waals surface area contributed by atoms with Crippen LogP contribution in [-0.4, -0.2) is 44.0 Å². The number of hydrogen-bond acceptors (Lipinski definition) is 6. The molecule has 0 aliphatic rings. The van der Waals surface area contributed by atoms with Gasteiger partial charge in [-0.05, 0) is 66.6 Å². The van der Waals surface area contributed by atoms with E-state index in [0.29, 0.717) is 13.2 Å². The van der Waals surface area contributed by atoms with Crippen LogP contribution in [0.2, 0.25) is 0 Å². The SMILES string of the molecule is COc1ccc(C(OCCCCCCSSCCCCCCO)(c2ccccc2)c2ccc(OC)cc2)cc1. The lowest BCUT2D eigenvalue weighted by molar-refractivity contribution is 0.0106. The lowest BCUT2D eigenvalue weighted by Crippen LogP contribution is -2.33. The molecule has 3 aromatic carbocycles. The van der Waals surface area contributed by atoms with Gasteiger partial charge in [0.25, 0.3) is 0 Å². The summed E-state index contributed by atoms with van der Waals surface area (Å²) in [5, 5.41) is 8.85. The molecule has 0 bridgehead atoms. The molecule has 1 N–H and O–H groups in total. The molecule has 0 spiro atoms. The Kier molecular flexibility index (Phi) is 14.7. The van der Waals surface area contributed by atoms with E-state index in [0.717, 1.165) is 53.9 Å². The number of ether oxygens (including phenoxy) is 3. The minimum absolute atomic E-state index is 0.323. The van der Waals surface area contributed by atoms with Crippen molar-refractivity contribution in [3.63, 3.8) is 0 Å². The van der Waals surface area contributed by atoms with E-state index in [-0.39, 0.29) is 0 Å². The topological polar surface area (TPSA) is 47.9 Å². The van der Waals surface area contributed by atoms with Crippen LogP contribution in [0.4, 0.5) is 0 Å². The first-order chi connectivity index (χ1) is 19.2. The van der Waals surface area contributed by atoms with Crippen LogP contribution < -0.4 is 9.47 Å². The fourth-order valence-corrected chi connectivity index (χ4v) is 6.95. The number of aliphatic hydroxyl groups excluding tert-OH is 1. The van der Waals surface area contributed by atoms with Gasteiger partial charge in [-0.2, -0.15) is 0 Å². The van der Waals surface area contributed by atoms with Gasteiger partial charge >= 0.3 is 0 Å². The quantitative estimate of drug-likeness (QED) is 0.0838. The Labute approximate surface area is 243 Å². The second kappa shape index (κ2) is 18.3. The van der Waals surface area contributed by atoms with Gasteiger partial charge in [0, 0.05) is 24.7 Å². The molecule has 0 radical (unpaired) electrons. The number of benzene rings is 3. The highest BCUT2D eigenvalue weighted by molar-refractivity contribution is 8.76. The van der Waals surface area contributed by atoms with Crippen LogP contribution in [0.25, 0.3) is 0 Å². The van der Waals surface area contributed by atoms with E-state index in [1.807, 2.05) is 51.9 Å². The molecule has 0 unspecified atom stereocenters. The fraction of sp³-hybridized carbons (Fsp3) is 0.455. The first kappa shape index (κ1) is 31.4. The van der Waals surface area contributed by atoms with Gasteiger partial charge in [0.15, 0.2) is 0 Å². The van der Waals surface area contributed by atoms with Gasteiger partial charge in [-0.25, -0.2) is 0 Å². The van der Waals surface area contributed by atoms with Crippen molar-refractivity contribution in [3.05, 3.63) is 95.6 Å². The molecule has 0 aromatic heterocycles. The molecule has 212 valence electrons. The van der Waals surface area contributed by atoms with Crippen molar-refractivity contribution in [3.8, 4) is 11.5 Å². The summed E-state index contributed by atoms with van der Waals surface area (Å²) in [4.78, 5) is 0. The van der Waals surface area contributed by atoms with Crippen LogP contribution in [0.5, 0.6) is 11.5 Å². The summed E-state index contributed by atoms with van der Waals surface area (Å²) in [6, 6.07) is 26.9. The third-order valence-corrected chi connectivity index (χ3v) is 9.41. The molecule has 0 amide bonds.